The molecule has 4 rings (SSSR count). The molecular weight excluding hydrogens is 483 g/mol. The van der Waals surface area contributed by atoms with Crippen LogP contribution in [0.25, 0.3) is 0 Å². The predicted molar refractivity (Wildman–Crippen MR) is 124 cm³/mol. The average Bonchev–Trinajstić information content (AvgIpc) is 3.18. The van der Waals surface area contributed by atoms with Crippen molar-refractivity contribution in [3.63, 3.8) is 0 Å². The van der Waals surface area contributed by atoms with E-state index in [9.17, 15) is 13.2 Å². The Hall–Kier alpha value is -1.94. The molecule has 31 heavy (non-hydrogen) atoms. The number of halogens is 2. The highest BCUT2D eigenvalue weighted by Crippen LogP contribution is 2.44. The fraction of sp³-hybridized carbons (Fsp3) is 0.300. The molecule has 0 radical (unpaired) electrons. The van der Waals surface area contributed by atoms with Gasteiger partial charge in [0.15, 0.2) is 21.6 Å². The zero-order chi connectivity index (χ0) is 22.2. The van der Waals surface area contributed by atoms with Gasteiger partial charge in [-0.25, -0.2) is 8.42 Å². The van der Waals surface area contributed by atoms with Crippen LogP contribution in [0.1, 0.15) is 0 Å². The van der Waals surface area contributed by atoms with E-state index in [0.29, 0.717) is 32.4 Å². The van der Waals surface area contributed by atoms with Crippen LogP contribution in [0.2, 0.25) is 10.0 Å². The minimum Gasteiger partial charge on any atom is -0.495 e. The van der Waals surface area contributed by atoms with Gasteiger partial charge in [0.05, 0.1) is 30.3 Å². The number of ether oxygens (including phenoxy) is 2. The summed E-state index contributed by atoms with van der Waals surface area (Å²) >= 11 is 13.3. The van der Waals surface area contributed by atoms with Crippen LogP contribution in [0.3, 0.4) is 0 Å². The Morgan fingerprint density at radius 1 is 1.16 bits per heavy atom. The number of thioether (sulfide) groups is 1. The van der Waals surface area contributed by atoms with E-state index >= 15 is 0 Å². The van der Waals surface area contributed by atoms with Gasteiger partial charge in [-0.05, 0) is 42.5 Å². The summed E-state index contributed by atoms with van der Waals surface area (Å²) in [5.74, 6) is 0.498. The van der Waals surface area contributed by atoms with E-state index in [1.54, 1.807) is 47.4 Å². The van der Waals surface area contributed by atoms with Gasteiger partial charge in [-0.2, -0.15) is 4.99 Å². The van der Waals surface area contributed by atoms with Crippen molar-refractivity contribution >= 4 is 61.6 Å². The Morgan fingerprint density at radius 3 is 2.58 bits per heavy atom. The van der Waals surface area contributed by atoms with E-state index in [4.69, 9.17) is 32.7 Å². The zero-order valence-corrected chi connectivity index (χ0v) is 19.5. The van der Waals surface area contributed by atoms with Crippen molar-refractivity contribution in [1.82, 2.24) is 0 Å². The lowest BCUT2D eigenvalue weighted by atomic mass is 10.2. The molecule has 164 valence electrons. The summed E-state index contributed by atoms with van der Waals surface area (Å²) < 4.78 is 35.4. The monoisotopic (exact) mass is 500 g/mol. The minimum absolute atomic E-state index is 0.0240. The van der Waals surface area contributed by atoms with Crippen LogP contribution in [-0.2, 0) is 14.6 Å². The van der Waals surface area contributed by atoms with E-state index < -0.39 is 15.7 Å². The molecule has 0 unspecified atom stereocenters. The molecule has 7 nitrogen and oxygen atoms in total. The van der Waals surface area contributed by atoms with Gasteiger partial charge in [-0.3, -0.25) is 4.79 Å². The quantitative estimate of drug-likeness (QED) is 0.618. The molecule has 0 N–H and O–H groups in total. The first-order chi connectivity index (χ1) is 14.8. The number of benzene rings is 2. The number of amides is 1. The first-order valence-corrected chi connectivity index (χ1v) is 12.7. The molecule has 0 aromatic heterocycles. The number of anilines is 1. The fourth-order valence-corrected chi connectivity index (χ4v) is 7.73. The molecule has 0 spiro atoms. The molecule has 1 amide bonds. The van der Waals surface area contributed by atoms with Gasteiger partial charge in [0.1, 0.15) is 11.5 Å². The van der Waals surface area contributed by atoms with Gasteiger partial charge < -0.3 is 14.4 Å². The van der Waals surface area contributed by atoms with Crippen molar-refractivity contribution < 1.29 is 22.7 Å². The van der Waals surface area contributed by atoms with E-state index in [0.717, 1.165) is 0 Å². The molecule has 2 atom stereocenters. The van der Waals surface area contributed by atoms with Crippen LogP contribution in [0.5, 0.6) is 11.5 Å². The standard InChI is InChI=1S/C20H18Cl2N2O5S2/c1-28-17-7-4-13(22)8-15(17)24-16-10-31(26,27)11-18(16)30-20(24)23-19(25)9-29-14-5-2-12(21)3-6-14/h2-8,16,18H,9-11H2,1H3/t16-,18-/m0/s1. The van der Waals surface area contributed by atoms with Crippen molar-refractivity contribution in [2.45, 2.75) is 11.3 Å². The van der Waals surface area contributed by atoms with Gasteiger partial charge in [-0.1, -0.05) is 35.0 Å². The van der Waals surface area contributed by atoms with Crippen molar-refractivity contribution in [3.05, 3.63) is 52.5 Å². The number of rotatable bonds is 5. The van der Waals surface area contributed by atoms with Crippen molar-refractivity contribution in [2.24, 2.45) is 4.99 Å². The van der Waals surface area contributed by atoms with Gasteiger partial charge in [0.25, 0.3) is 5.91 Å². The van der Waals surface area contributed by atoms with Gasteiger partial charge in [0.2, 0.25) is 0 Å². The van der Waals surface area contributed by atoms with Crippen LogP contribution in [0, 0.1) is 0 Å². The molecule has 11 heteroatoms. The second-order valence-electron chi connectivity index (χ2n) is 7.02. The third-order valence-corrected chi connectivity index (χ3v) is 8.56. The Kier molecular flexibility index (Phi) is 6.39. The van der Waals surface area contributed by atoms with Gasteiger partial charge in [-0.15, -0.1) is 0 Å². The van der Waals surface area contributed by atoms with Gasteiger partial charge >= 0.3 is 0 Å². The molecule has 0 saturated carbocycles. The third-order valence-electron chi connectivity index (χ3n) is 4.86. The summed E-state index contributed by atoms with van der Waals surface area (Å²) in [5.41, 5.74) is 0.567. The highest BCUT2D eigenvalue weighted by Gasteiger charge is 2.50. The smallest absolute Gasteiger partial charge is 0.285 e. The van der Waals surface area contributed by atoms with E-state index in [1.807, 2.05) is 0 Å². The Labute approximate surface area is 194 Å². The van der Waals surface area contributed by atoms with Crippen LogP contribution >= 0.6 is 35.0 Å². The SMILES string of the molecule is COc1ccc(Cl)cc1N1C(=NC(=O)COc2ccc(Cl)cc2)S[C@H]2CS(=O)(=O)C[C@@H]21. The topological polar surface area (TPSA) is 85.3 Å². The number of carbonyl (C=O) groups is 1. The van der Waals surface area contributed by atoms with E-state index in [-0.39, 0.29) is 29.4 Å². The Balaban J connectivity index is 1.61. The number of methoxy groups -OCH3 is 1. The number of hydrogen-bond acceptors (Lipinski definition) is 6. The molecule has 2 aliphatic heterocycles. The summed E-state index contributed by atoms with van der Waals surface area (Å²) in [6.45, 7) is -0.264. The van der Waals surface area contributed by atoms with E-state index in [2.05, 4.69) is 4.99 Å². The number of aliphatic imine (C=N–C) groups is 1. The average molecular weight is 501 g/mol. The highest BCUT2D eigenvalue weighted by molar-refractivity contribution is 8.16. The lowest BCUT2D eigenvalue weighted by Gasteiger charge is -2.26. The number of sulfone groups is 1. The van der Waals surface area contributed by atoms with Crippen LogP contribution in [0.15, 0.2) is 47.5 Å². The largest absolute Gasteiger partial charge is 0.495 e. The molecule has 0 bridgehead atoms. The number of fused-ring (bicyclic) bond motifs is 1. The maximum absolute atomic E-state index is 12.5. The number of amidine groups is 1. The lowest BCUT2D eigenvalue weighted by Crippen LogP contribution is -2.38. The highest BCUT2D eigenvalue weighted by atomic mass is 35.5. The van der Waals surface area contributed by atoms with E-state index in [1.165, 1.54) is 18.9 Å². The molecule has 2 aromatic rings. The van der Waals surface area contributed by atoms with Crippen LogP contribution < -0.4 is 14.4 Å². The summed E-state index contributed by atoms with van der Waals surface area (Å²) in [4.78, 5) is 18.5. The zero-order valence-electron chi connectivity index (χ0n) is 16.3. The second kappa shape index (κ2) is 8.90. The maximum Gasteiger partial charge on any atom is 0.285 e. The molecule has 2 heterocycles. The molecular formula is C20H18Cl2N2O5S2. The summed E-state index contributed by atoms with van der Waals surface area (Å²) in [7, 11) is -1.67. The fourth-order valence-electron chi connectivity index (χ4n) is 3.51. The lowest BCUT2D eigenvalue weighted by molar-refractivity contribution is -0.119. The minimum atomic E-state index is -3.19. The summed E-state index contributed by atoms with van der Waals surface area (Å²) in [5, 5.41) is 1.18. The normalized spacial score (nSPS) is 23.1. The molecule has 2 fully saturated rings. The van der Waals surface area contributed by atoms with Crippen molar-refractivity contribution in [2.75, 3.05) is 30.1 Å². The Bertz CT molecular complexity index is 1140. The molecule has 2 saturated heterocycles. The van der Waals surface area contributed by atoms with Gasteiger partial charge in [0, 0.05) is 15.3 Å². The number of nitrogens with zero attached hydrogens (tertiary/aromatic N) is 2. The summed E-state index contributed by atoms with van der Waals surface area (Å²) in [6, 6.07) is 11.3. The summed E-state index contributed by atoms with van der Waals surface area (Å²) in [6.07, 6.45) is 0. The third kappa shape index (κ3) is 4.95. The van der Waals surface area contributed by atoms with Crippen molar-refractivity contribution in [3.8, 4) is 11.5 Å². The molecule has 2 aromatic carbocycles. The first kappa shape index (κ1) is 22.3. The van der Waals surface area contributed by atoms with Crippen LogP contribution in [-0.4, -0.2) is 56.0 Å². The number of hydrogen-bond donors (Lipinski definition) is 0. The van der Waals surface area contributed by atoms with Crippen molar-refractivity contribution in [1.29, 1.82) is 0 Å². The van der Waals surface area contributed by atoms with Crippen LogP contribution in [0.4, 0.5) is 5.69 Å². The second-order valence-corrected chi connectivity index (χ2v) is 11.3. The number of carbonyl (C=O) groups excluding carboxylic acids is 1. The predicted octanol–water partition coefficient (Wildman–Crippen LogP) is 3.68. The maximum atomic E-state index is 12.5. The first-order valence-electron chi connectivity index (χ1n) is 9.25. The Morgan fingerprint density at radius 2 is 1.87 bits per heavy atom. The molecule has 0 aliphatic carbocycles. The molecule has 2 aliphatic rings.